The molecule has 0 bridgehead atoms. The Morgan fingerprint density at radius 3 is 2.60 bits per heavy atom. The van der Waals surface area contributed by atoms with E-state index in [1.165, 1.54) is 7.11 Å². The molecule has 2 aliphatic heterocycles. The number of fused-ring (bicyclic) bond motifs is 2. The van der Waals surface area contributed by atoms with E-state index >= 15 is 0 Å². The Morgan fingerprint density at radius 1 is 1.12 bits per heavy atom. The minimum atomic E-state index is -1.37. The molecule has 7 rings (SSSR count). The van der Waals surface area contributed by atoms with E-state index in [1.807, 2.05) is 30.3 Å². The number of nitrogens with zero attached hydrogens (tertiary/aromatic N) is 10. The minimum Gasteiger partial charge on any atom is -0.494 e. The number of aliphatic hydroxyl groups is 1. The number of amides is 1. The van der Waals surface area contributed by atoms with Gasteiger partial charge in [-0.1, -0.05) is 23.3 Å². The average Bonchev–Trinajstić information content (AvgIpc) is 3.79. The molecule has 0 saturated carbocycles. The van der Waals surface area contributed by atoms with Crippen LogP contribution < -0.4 is 9.64 Å². The fourth-order valence-electron chi connectivity index (χ4n) is 5.88. The number of nitrogens with one attached hydrogen (secondary N) is 1. The van der Waals surface area contributed by atoms with Crippen LogP contribution >= 0.6 is 0 Å². The third-order valence-electron chi connectivity index (χ3n) is 7.79. The number of carbonyl (C=O) groups excluding carboxylic acids is 1. The maximum absolute atomic E-state index is 13.6. The lowest BCUT2D eigenvalue weighted by Gasteiger charge is -2.24. The first-order valence-corrected chi connectivity index (χ1v) is 13.0. The number of aromatic amines is 1. The van der Waals surface area contributed by atoms with E-state index in [9.17, 15) is 9.90 Å². The Labute approximate surface area is 228 Å². The van der Waals surface area contributed by atoms with E-state index in [1.54, 1.807) is 39.9 Å². The smallest absolute Gasteiger partial charge is 0.256 e. The molecule has 2 aliphatic rings. The monoisotopic (exact) mass is 541 g/mol. The third-order valence-corrected chi connectivity index (χ3v) is 7.79. The first-order chi connectivity index (χ1) is 19.5. The summed E-state index contributed by atoms with van der Waals surface area (Å²) in [6, 6.07) is 9.77. The number of pyridine rings is 1. The molecule has 6 heterocycles. The molecule has 5 aromatic rings. The van der Waals surface area contributed by atoms with Crippen molar-refractivity contribution < 1.29 is 14.6 Å². The average molecular weight is 542 g/mol. The summed E-state index contributed by atoms with van der Waals surface area (Å²) in [6.07, 6.45) is 3.39. The van der Waals surface area contributed by atoms with Crippen LogP contribution in [0.5, 0.6) is 5.75 Å². The second kappa shape index (κ2) is 9.41. The van der Waals surface area contributed by atoms with Gasteiger partial charge in [-0.2, -0.15) is 9.78 Å². The van der Waals surface area contributed by atoms with Crippen LogP contribution in [0.4, 0.5) is 5.95 Å². The molecule has 40 heavy (non-hydrogen) atoms. The number of ether oxygens (including phenoxy) is 1. The summed E-state index contributed by atoms with van der Waals surface area (Å²) in [4.78, 5) is 29.3. The van der Waals surface area contributed by atoms with Crippen molar-refractivity contribution in [1.82, 2.24) is 49.8 Å². The van der Waals surface area contributed by atoms with Crippen molar-refractivity contribution in [3.05, 3.63) is 60.4 Å². The van der Waals surface area contributed by atoms with E-state index < -0.39 is 6.10 Å². The van der Waals surface area contributed by atoms with Gasteiger partial charge in [-0.15, -0.1) is 0 Å². The van der Waals surface area contributed by atoms with Crippen LogP contribution in [0.15, 0.2) is 49.1 Å². The van der Waals surface area contributed by atoms with Crippen molar-refractivity contribution in [3.63, 3.8) is 0 Å². The Bertz CT molecular complexity index is 1680. The van der Waals surface area contributed by atoms with Crippen molar-refractivity contribution in [1.29, 1.82) is 0 Å². The number of hydrogen-bond acceptors (Lipinski definition) is 10. The van der Waals surface area contributed by atoms with E-state index in [4.69, 9.17) is 4.74 Å². The molecule has 1 aromatic carbocycles. The van der Waals surface area contributed by atoms with Crippen molar-refractivity contribution in [2.75, 3.05) is 38.2 Å². The van der Waals surface area contributed by atoms with Gasteiger partial charge in [0.2, 0.25) is 5.95 Å². The highest BCUT2D eigenvalue weighted by molar-refractivity contribution is 5.97. The second-order valence-electron chi connectivity index (χ2n) is 10.2. The summed E-state index contributed by atoms with van der Waals surface area (Å²) in [5, 5.41) is 28.6. The van der Waals surface area contributed by atoms with E-state index in [-0.39, 0.29) is 17.7 Å². The Hall–Kier alpha value is -4.85. The number of H-pyrrole nitrogens is 1. The van der Waals surface area contributed by atoms with Crippen LogP contribution in [0.25, 0.3) is 22.4 Å². The van der Waals surface area contributed by atoms with Gasteiger partial charge in [-0.3, -0.25) is 4.79 Å². The van der Waals surface area contributed by atoms with Gasteiger partial charge in [0.25, 0.3) is 5.91 Å². The van der Waals surface area contributed by atoms with Crippen LogP contribution in [0.1, 0.15) is 17.5 Å². The van der Waals surface area contributed by atoms with E-state index in [2.05, 4.69) is 40.5 Å². The van der Waals surface area contributed by atoms with E-state index in [0.717, 1.165) is 18.8 Å². The molecule has 3 atom stereocenters. The Kier molecular flexibility index (Phi) is 5.70. The zero-order chi connectivity index (χ0) is 27.4. The van der Waals surface area contributed by atoms with E-state index in [0.29, 0.717) is 52.9 Å². The maximum atomic E-state index is 13.6. The van der Waals surface area contributed by atoms with Crippen LogP contribution in [-0.2, 0) is 4.79 Å². The molecule has 2 saturated heterocycles. The molecule has 2 N–H and O–H groups in total. The zero-order valence-corrected chi connectivity index (χ0v) is 21.9. The number of methoxy groups -OCH3 is 1. The molecule has 2 fully saturated rings. The third kappa shape index (κ3) is 3.87. The van der Waals surface area contributed by atoms with Crippen LogP contribution in [0, 0.1) is 18.8 Å². The van der Waals surface area contributed by atoms with Crippen molar-refractivity contribution >= 4 is 22.8 Å². The van der Waals surface area contributed by atoms with Gasteiger partial charge >= 0.3 is 0 Å². The minimum absolute atomic E-state index is 0.251. The highest BCUT2D eigenvalue weighted by Gasteiger charge is 2.44. The summed E-state index contributed by atoms with van der Waals surface area (Å²) < 4.78 is 8.83. The van der Waals surface area contributed by atoms with Crippen LogP contribution in [-0.4, -0.2) is 94.1 Å². The SMILES string of the molecule is COc1cnc(-n2cnc(C)n2)c2[nH]cc(C(O)C(=O)N3CC4CN(c5nnnn5-c5ccccc5)CC4C3)c12. The zero-order valence-electron chi connectivity index (χ0n) is 21.9. The van der Waals surface area contributed by atoms with Crippen molar-refractivity contribution in [3.8, 4) is 17.3 Å². The number of aliphatic hydroxyl groups excluding tert-OH is 1. The Morgan fingerprint density at radius 2 is 1.90 bits per heavy atom. The van der Waals surface area contributed by atoms with Crippen LogP contribution in [0.3, 0.4) is 0 Å². The normalized spacial score (nSPS) is 19.4. The number of tetrazole rings is 1. The molecular formula is C26H27N11O3. The molecule has 14 heteroatoms. The quantitative estimate of drug-likeness (QED) is 0.319. The van der Waals surface area contributed by atoms with Gasteiger partial charge < -0.3 is 24.6 Å². The number of para-hydroxylation sites is 1. The van der Waals surface area contributed by atoms with Gasteiger partial charge in [-0.25, -0.2) is 14.6 Å². The molecule has 204 valence electrons. The number of aryl methyl sites for hydroxylation is 1. The predicted molar refractivity (Wildman–Crippen MR) is 142 cm³/mol. The number of benzene rings is 1. The second-order valence-corrected chi connectivity index (χ2v) is 10.2. The Balaban J connectivity index is 1.10. The van der Waals surface area contributed by atoms with Crippen LogP contribution in [0.2, 0.25) is 0 Å². The number of aromatic nitrogens is 9. The lowest BCUT2D eigenvalue weighted by Crippen LogP contribution is -2.36. The topological polar surface area (TPSA) is 156 Å². The van der Waals surface area contributed by atoms with Gasteiger partial charge in [0.1, 0.15) is 17.9 Å². The summed E-state index contributed by atoms with van der Waals surface area (Å²) >= 11 is 0. The fourth-order valence-corrected chi connectivity index (χ4v) is 5.88. The summed E-state index contributed by atoms with van der Waals surface area (Å²) in [6.45, 7) is 4.34. The largest absolute Gasteiger partial charge is 0.494 e. The first-order valence-electron chi connectivity index (χ1n) is 13.0. The predicted octanol–water partition coefficient (Wildman–Crippen LogP) is 1.06. The van der Waals surface area contributed by atoms with Gasteiger partial charge in [0.15, 0.2) is 11.9 Å². The molecule has 4 aromatic heterocycles. The fraction of sp³-hybridized carbons (Fsp3) is 0.346. The van der Waals surface area contributed by atoms with Gasteiger partial charge in [0, 0.05) is 49.8 Å². The molecule has 3 unspecified atom stereocenters. The number of hydrogen-bond donors (Lipinski definition) is 2. The van der Waals surface area contributed by atoms with Gasteiger partial charge in [0.05, 0.1) is 29.9 Å². The molecule has 1 amide bonds. The van der Waals surface area contributed by atoms with Crippen molar-refractivity contribution in [2.24, 2.45) is 11.8 Å². The molecule has 0 radical (unpaired) electrons. The lowest BCUT2D eigenvalue weighted by molar-refractivity contribution is -0.139. The number of likely N-dealkylation sites (tertiary alicyclic amines) is 1. The number of anilines is 1. The summed E-state index contributed by atoms with van der Waals surface area (Å²) in [7, 11) is 1.53. The van der Waals surface area contributed by atoms with Gasteiger partial charge in [-0.05, 0) is 29.5 Å². The summed E-state index contributed by atoms with van der Waals surface area (Å²) in [5.74, 6) is 2.40. The molecule has 0 spiro atoms. The standard InChI is InChI=1S/C26H27N11O3/c1-15-29-14-36(31-15)24-22-21(20(40-2)9-28-24)19(8-27-22)23(38)25(39)34-10-16-12-35(13-17(16)11-34)26-30-32-33-37(26)18-6-4-3-5-7-18/h3-9,14,16-17,23,27,38H,10-13H2,1-2H3. The maximum Gasteiger partial charge on any atom is 0.256 e. The number of rotatable bonds is 6. The lowest BCUT2D eigenvalue weighted by atomic mass is 10.0. The van der Waals surface area contributed by atoms with Crippen molar-refractivity contribution in [2.45, 2.75) is 13.0 Å². The highest BCUT2D eigenvalue weighted by atomic mass is 16.5. The summed E-state index contributed by atoms with van der Waals surface area (Å²) in [5.41, 5.74) is 1.92. The highest BCUT2D eigenvalue weighted by Crippen LogP contribution is 2.38. The molecule has 0 aliphatic carbocycles. The number of carbonyl (C=O) groups is 1. The first kappa shape index (κ1) is 24.2. The molecular weight excluding hydrogens is 514 g/mol. The molecule has 14 nitrogen and oxygen atoms in total.